The van der Waals surface area contributed by atoms with Crippen molar-refractivity contribution in [3.63, 3.8) is 0 Å². The highest BCUT2D eigenvalue weighted by Gasteiger charge is 2.19. The number of carbonyl (C=O) groups is 1. The Morgan fingerprint density at radius 1 is 1.47 bits per heavy atom. The zero-order valence-corrected chi connectivity index (χ0v) is 8.87. The number of carbonyl (C=O) groups excluding carboxylic acids is 1. The van der Waals surface area contributed by atoms with Gasteiger partial charge < -0.3 is 10.2 Å². The van der Waals surface area contributed by atoms with E-state index in [-0.39, 0.29) is 6.03 Å². The first-order valence-electron chi connectivity index (χ1n) is 4.75. The van der Waals surface area contributed by atoms with Gasteiger partial charge in [-0.1, -0.05) is 11.6 Å². The number of hydrogen-bond acceptors (Lipinski definition) is 3. The summed E-state index contributed by atoms with van der Waals surface area (Å²) in [5.74, 6) is 0. The fourth-order valence-electron chi connectivity index (χ4n) is 1.26. The highest BCUT2D eigenvalue weighted by Crippen LogP contribution is 2.09. The maximum absolute atomic E-state index is 11.4. The van der Waals surface area contributed by atoms with Crippen LogP contribution >= 0.6 is 11.6 Å². The molecule has 0 radical (unpaired) electrons. The van der Waals surface area contributed by atoms with Gasteiger partial charge in [0.15, 0.2) is 5.15 Å². The normalized spacial score (nSPS) is 14.6. The van der Waals surface area contributed by atoms with E-state index in [9.17, 15) is 4.79 Å². The van der Waals surface area contributed by atoms with Crippen LogP contribution in [0.3, 0.4) is 0 Å². The minimum Gasteiger partial charge on any atom is -0.332 e. The summed E-state index contributed by atoms with van der Waals surface area (Å²) in [7, 11) is 0. The molecule has 0 unspecified atom stereocenters. The fourth-order valence-corrected chi connectivity index (χ4v) is 1.43. The number of urea groups is 1. The van der Waals surface area contributed by atoms with Gasteiger partial charge in [-0.15, -0.1) is 0 Å². The Kier molecular flexibility index (Phi) is 3.01. The van der Waals surface area contributed by atoms with Gasteiger partial charge in [-0.2, -0.15) is 0 Å². The molecule has 0 bridgehead atoms. The van der Waals surface area contributed by atoms with Crippen molar-refractivity contribution in [2.24, 2.45) is 0 Å². The molecule has 1 saturated heterocycles. The molecule has 5 nitrogen and oxygen atoms in total. The highest BCUT2D eigenvalue weighted by molar-refractivity contribution is 6.29. The molecule has 1 aromatic heterocycles. The van der Waals surface area contributed by atoms with E-state index in [2.05, 4.69) is 15.3 Å². The summed E-state index contributed by atoms with van der Waals surface area (Å²) >= 11 is 5.80. The largest absolute Gasteiger partial charge is 0.332 e. The lowest BCUT2D eigenvalue weighted by molar-refractivity contribution is 0.167. The van der Waals surface area contributed by atoms with Gasteiger partial charge in [0.25, 0.3) is 0 Å². The minimum absolute atomic E-state index is 0.0667. The lowest BCUT2D eigenvalue weighted by atomic mass is 10.2. The zero-order valence-electron chi connectivity index (χ0n) is 8.11. The molecule has 0 aliphatic carbocycles. The zero-order chi connectivity index (χ0) is 10.7. The van der Waals surface area contributed by atoms with E-state index in [1.165, 1.54) is 6.20 Å². The van der Waals surface area contributed by atoms with Gasteiger partial charge in [0.2, 0.25) is 0 Å². The van der Waals surface area contributed by atoms with Crippen molar-refractivity contribution < 1.29 is 4.79 Å². The van der Waals surface area contributed by atoms with Gasteiger partial charge in [0, 0.05) is 25.5 Å². The third kappa shape index (κ3) is 2.36. The van der Waals surface area contributed by atoms with Crippen molar-refractivity contribution in [2.75, 3.05) is 13.1 Å². The number of rotatable bonds is 2. The first-order valence-corrected chi connectivity index (χ1v) is 5.13. The SMILES string of the molecule is O=C(NCc1nccnc1Cl)N1CCC1. The Labute approximate surface area is 92.5 Å². The van der Waals surface area contributed by atoms with Gasteiger partial charge in [0.1, 0.15) is 0 Å². The first kappa shape index (κ1) is 10.2. The maximum Gasteiger partial charge on any atom is 0.317 e. The molecule has 15 heavy (non-hydrogen) atoms. The lowest BCUT2D eigenvalue weighted by Crippen LogP contribution is -2.47. The van der Waals surface area contributed by atoms with Crippen molar-refractivity contribution >= 4 is 17.6 Å². The number of amides is 2. The Morgan fingerprint density at radius 2 is 2.20 bits per heavy atom. The molecule has 2 amide bonds. The first-order chi connectivity index (χ1) is 7.27. The molecule has 0 spiro atoms. The standard InChI is InChI=1S/C9H11ClN4O/c10-8-7(11-2-3-12-8)6-13-9(15)14-4-1-5-14/h2-3H,1,4-6H2,(H,13,15). The summed E-state index contributed by atoms with van der Waals surface area (Å²) in [6, 6.07) is -0.0667. The van der Waals surface area contributed by atoms with Crippen molar-refractivity contribution in [1.82, 2.24) is 20.2 Å². The minimum atomic E-state index is -0.0667. The molecular weight excluding hydrogens is 216 g/mol. The Hall–Kier alpha value is -1.36. The van der Waals surface area contributed by atoms with Gasteiger partial charge in [0.05, 0.1) is 12.2 Å². The van der Waals surface area contributed by atoms with Crippen LogP contribution in [0.25, 0.3) is 0 Å². The predicted molar refractivity (Wildman–Crippen MR) is 55.5 cm³/mol. The quantitative estimate of drug-likeness (QED) is 0.820. The van der Waals surface area contributed by atoms with Crippen LogP contribution in [0.2, 0.25) is 5.15 Å². The van der Waals surface area contributed by atoms with Crippen LogP contribution in [0.15, 0.2) is 12.4 Å². The third-order valence-corrected chi connectivity index (χ3v) is 2.59. The smallest absolute Gasteiger partial charge is 0.317 e. The van der Waals surface area contributed by atoms with Crippen LogP contribution in [0, 0.1) is 0 Å². The average molecular weight is 227 g/mol. The molecule has 1 aliphatic heterocycles. The van der Waals surface area contributed by atoms with Crippen molar-refractivity contribution in [3.8, 4) is 0 Å². The molecule has 80 valence electrons. The summed E-state index contributed by atoms with van der Waals surface area (Å²) in [5, 5.41) is 3.08. The van der Waals surface area contributed by atoms with Gasteiger partial charge in [-0.25, -0.2) is 9.78 Å². The monoisotopic (exact) mass is 226 g/mol. The summed E-state index contributed by atoms with van der Waals surface area (Å²) in [6.45, 7) is 1.99. The second-order valence-corrected chi connectivity index (χ2v) is 3.65. The number of hydrogen-bond donors (Lipinski definition) is 1. The van der Waals surface area contributed by atoms with E-state index in [0.717, 1.165) is 19.5 Å². The molecule has 1 N–H and O–H groups in total. The molecule has 0 atom stereocenters. The van der Waals surface area contributed by atoms with E-state index in [0.29, 0.717) is 17.4 Å². The van der Waals surface area contributed by atoms with Crippen LogP contribution < -0.4 is 5.32 Å². The van der Waals surface area contributed by atoms with Gasteiger partial charge in [-0.3, -0.25) is 4.98 Å². The van der Waals surface area contributed by atoms with Crippen molar-refractivity contribution in [3.05, 3.63) is 23.2 Å². The fraction of sp³-hybridized carbons (Fsp3) is 0.444. The van der Waals surface area contributed by atoms with Crippen LogP contribution in [0.5, 0.6) is 0 Å². The Balaban J connectivity index is 1.87. The lowest BCUT2D eigenvalue weighted by Gasteiger charge is -2.30. The van der Waals surface area contributed by atoms with E-state index >= 15 is 0 Å². The number of nitrogens with zero attached hydrogens (tertiary/aromatic N) is 3. The summed E-state index contributed by atoms with van der Waals surface area (Å²) in [6.07, 6.45) is 4.15. The molecule has 0 aromatic carbocycles. The molecule has 2 rings (SSSR count). The van der Waals surface area contributed by atoms with E-state index in [4.69, 9.17) is 11.6 Å². The second kappa shape index (κ2) is 4.44. The van der Waals surface area contributed by atoms with Crippen molar-refractivity contribution in [2.45, 2.75) is 13.0 Å². The summed E-state index contributed by atoms with van der Waals surface area (Å²) in [5.41, 5.74) is 0.591. The van der Waals surface area contributed by atoms with Gasteiger partial charge in [-0.05, 0) is 6.42 Å². The molecule has 1 aliphatic rings. The summed E-state index contributed by atoms with van der Waals surface area (Å²) in [4.78, 5) is 21.1. The molecular formula is C9H11ClN4O. The van der Waals surface area contributed by atoms with E-state index in [1.807, 2.05) is 0 Å². The van der Waals surface area contributed by atoms with Gasteiger partial charge >= 0.3 is 6.03 Å². The van der Waals surface area contributed by atoms with E-state index in [1.54, 1.807) is 11.1 Å². The van der Waals surface area contributed by atoms with Crippen LogP contribution in [-0.2, 0) is 6.54 Å². The molecule has 0 saturated carbocycles. The van der Waals surface area contributed by atoms with Crippen LogP contribution in [0.4, 0.5) is 4.79 Å². The number of halogens is 1. The Bertz CT molecular complexity index is 367. The Morgan fingerprint density at radius 3 is 2.80 bits per heavy atom. The summed E-state index contributed by atoms with van der Waals surface area (Å²) < 4.78 is 0. The molecule has 6 heteroatoms. The predicted octanol–water partition coefficient (Wildman–Crippen LogP) is 1.05. The topological polar surface area (TPSA) is 58.1 Å². The average Bonchev–Trinajstić information content (AvgIpc) is 2.14. The highest BCUT2D eigenvalue weighted by atomic mass is 35.5. The third-order valence-electron chi connectivity index (χ3n) is 2.27. The van der Waals surface area contributed by atoms with Crippen molar-refractivity contribution in [1.29, 1.82) is 0 Å². The molecule has 1 aromatic rings. The number of likely N-dealkylation sites (tertiary alicyclic amines) is 1. The molecule has 1 fully saturated rings. The van der Waals surface area contributed by atoms with E-state index < -0.39 is 0 Å². The van der Waals surface area contributed by atoms with Crippen LogP contribution in [-0.4, -0.2) is 34.0 Å². The number of aromatic nitrogens is 2. The second-order valence-electron chi connectivity index (χ2n) is 3.29. The molecule has 2 heterocycles. The van der Waals surface area contributed by atoms with Crippen LogP contribution in [0.1, 0.15) is 12.1 Å². The number of nitrogens with one attached hydrogen (secondary N) is 1. The maximum atomic E-state index is 11.4.